The van der Waals surface area contributed by atoms with Crippen molar-refractivity contribution in [3.05, 3.63) is 60.1 Å². The molecule has 0 N–H and O–H groups in total. The molecule has 0 saturated heterocycles. The van der Waals surface area contributed by atoms with Crippen molar-refractivity contribution in [3.8, 4) is 0 Å². The standard InChI is InChI=1S/C16H16O4/c1-3-19-15(17)13-9-10-14(16(18)20-4-2)12-8-6-5-7-11(12)13/h3-4,9-10H,1-2,5-8H2. The molecule has 4 heteroatoms. The summed E-state index contributed by atoms with van der Waals surface area (Å²) in [5.74, 6) is -0.886. The van der Waals surface area contributed by atoms with Crippen LogP contribution in [0.25, 0.3) is 0 Å². The molecule has 20 heavy (non-hydrogen) atoms. The number of carbonyl (C=O) groups is 2. The topological polar surface area (TPSA) is 52.6 Å². The minimum atomic E-state index is -0.443. The predicted octanol–water partition coefficient (Wildman–Crippen LogP) is 3.17. The van der Waals surface area contributed by atoms with Crippen LogP contribution in [-0.2, 0) is 22.3 Å². The van der Waals surface area contributed by atoms with Gasteiger partial charge in [0.15, 0.2) is 0 Å². The Kier molecular flexibility index (Phi) is 4.35. The highest BCUT2D eigenvalue weighted by Crippen LogP contribution is 2.29. The van der Waals surface area contributed by atoms with E-state index >= 15 is 0 Å². The Bertz CT molecular complexity index is 521. The Morgan fingerprint density at radius 3 is 1.65 bits per heavy atom. The second kappa shape index (κ2) is 6.19. The van der Waals surface area contributed by atoms with E-state index in [0.29, 0.717) is 11.1 Å². The Morgan fingerprint density at radius 2 is 1.30 bits per heavy atom. The number of fused-ring (bicyclic) bond motifs is 1. The van der Waals surface area contributed by atoms with E-state index in [9.17, 15) is 9.59 Å². The molecule has 4 nitrogen and oxygen atoms in total. The lowest BCUT2D eigenvalue weighted by Gasteiger charge is -2.20. The first-order valence-electron chi connectivity index (χ1n) is 6.47. The number of hydrogen-bond acceptors (Lipinski definition) is 4. The van der Waals surface area contributed by atoms with E-state index in [2.05, 4.69) is 13.2 Å². The molecule has 0 unspecified atom stereocenters. The highest BCUT2D eigenvalue weighted by atomic mass is 16.5. The van der Waals surface area contributed by atoms with Crippen molar-refractivity contribution >= 4 is 11.9 Å². The van der Waals surface area contributed by atoms with Crippen molar-refractivity contribution in [1.82, 2.24) is 0 Å². The summed E-state index contributed by atoms with van der Waals surface area (Å²) in [6.45, 7) is 6.76. The zero-order chi connectivity index (χ0) is 14.5. The minimum Gasteiger partial charge on any atom is -0.432 e. The van der Waals surface area contributed by atoms with E-state index in [4.69, 9.17) is 9.47 Å². The molecule has 0 fully saturated rings. The molecule has 0 spiro atoms. The normalized spacial score (nSPS) is 13.0. The van der Waals surface area contributed by atoms with Gasteiger partial charge in [0.05, 0.1) is 23.7 Å². The van der Waals surface area contributed by atoms with Crippen molar-refractivity contribution in [3.63, 3.8) is 0 Å². The van der Waals surface area contributed by atoms with Crippen LogP contribution in [-0.4, -0.2) is 11.9 Å². The molecule has 2 rings (SSSR count). The summed E-state index contributed by atoms with van der Waals surface area (Å²) in [5.41, 5.74) is 2.74. The number of rotatable bonds is 4. The highest BCUT2D eigenvalue weighted by molar-refractivity contribution is 5.97. The van der Waals surface area contributed by atoms with Crippen LogP contribution >= 0.6 is 0 Å². The van der Waals surface area contributed by atoms with Gasteiger partial charge in [0, 0.05) is 0 Å². The van der Waals surface area contributed by atoms with Crippen molar-refractivity contribution in [2.75, 3.05) is 0 Å². The lowest BCUT2D eigenvalue weighted by molar-refractivity contribution is 0.0647. The smallest absolute Gasteiger partial charge is 0.343 e. The van der Waals surface area contributed by atoms with Gasteiger partial charge < -0.3 is 9.47 Å². The first-order valence-corrected chi connectivity index (χ1v) is 6.47. The van der Waals surface area contributed by atoms with E-state index in [1.807, 2.05) is 0 Å². The summed E-state index contributed by atoms with van der Waals surface area (Å²) >= 11 is 0. The lowest BCUT2D eigenvalue weighted by Crippen LogP contribution is -2.16. The number of carbonyl (C=O) groups excluding carboxylic acids is 2. The molecule has 0 aliphatic heterocycles. The van der Waals surface area contributed by atoms with Gasteiger partial charge in [-0.25, -0.2) is 9.59 Å². The second-order valence-electron chi connectivity index (χ2n) is 4.47. The molecule has 0 radical (unpaired) electrons. The van der Waals surface area contributed by atoms with Gasteiger partial charge in [0.2, 0.25) is 0 Å². The first kappa shape index (κ1) is 14.1. The van der Waals surface area contributed by atoms with Crippen molar-refractivity contribution in [2.24, 2.45) is 0 Å². The average molecular weight is 272 g/mol. The molecule has 0 heterocycles. The second-order valence-corrected chi connectivity index (χ2v) is 4.47. The average Bonchev–Trinajstić information content (AvgIpc) is 2.46. The largest absolute Gasteiger partial charge is 0.432 e. The third-order valence-electron chi connectivity index (χ3n) is 3.36. The predicted molar refractivity (Wildman–Crippen MR) is 74.3 cm³/mol. The zero-order valence-electron chi connectivity index (χ0n) is 11.2. The van der Waals surface area contributed by atoms with Crippen LogP contribution in [0.1, 0.15) is 44.7 Å². The molecular weight excluding hydrogens is 256 g/mol. The number of benzene rings is 1. The van der Waals surface area contributed by atoms with Gasteiger partial charge in [-0.1, -0.05) is 13.2 Å². The molecular formula is C16H16O4. The van der Waals surface area contributed by atoms with Gasteiger partial charge in [-0.15, -0.1) is 0 Å². The Balaban J connectivity index is 2.49. The van der Waals surface area contributed by atoms with Crippen LogP contribution in [0, 0.1) is 0 Å². The summed E-state index contributed by atoms with van der Waals surface area (Å²) in [4.78, 5) is 23.8. The molecule has 0 saturated carbocycles. The van der Waals surface area contributed by atoms with E-state index in [1.165, 1.54) is 0 Å². The Morgan fingerprint density at radius 1 is 0.900 bits per heavy atom. The third-order valence-corrected chi connectivity index (χ3v) is 3.36. The maximum absolute atomic E-state index is 11.9. The van der Waals surface area contributed by atoms with Gasteiger partial charge in [-0.3, -0.25) is 0 Å². The van der Waals surface area contributed by atoms with Gasteiger partial charge >= 0.3 is 11.9 Å². The van der Waals surface area contributed by atoms with E-state index in [0.717, 1.165) is 49.3 Å². The number of hydrogen-bond donors (Lipinski definition) is 0. The van der Waals surface area contributed by atoms with E-state index in [-0.39, 0.29) is 0 Å². The minimum absolute atomic E-state index is 0.443. The highest BCUT2D eigenvalue weighted by Gasteiger charge is 2.24. The SMILES string of the molecule is C=COC(=O)c1ccc(C(=O)OC=C)c2c1CCCC2. The molecule has 104 valence electrons. The van der Waals surface area contributed by atoms with Crippen LogP contribution < -0.4 is 0 Å². The summed E-state index contributed by atoms with van der Waals surface area (Å²) in [5, 5.41) is 0. The van der Waals surface area contributed by atoms with Crippen molar-refractivity contribution in [1.29, 1.82) is 0 Å². The van der Waals surface area contributed by atoms with Gasteiger partial charge in [0.25, 0.3) is 0 Å². The van der Waals surface area contributed by atoms with Crippen LogP contribution in [0.4, 0.5) is 0 Å². The molecule has 0 amide bonds. The van der Waals surface area contributed by atoms with E-state index in [1.54, 1.807) is 12.1 Å². The molecule has 1 aromatic carbocycles. The van der Waals surface area contributed by atoms with Crippen LogP contribution in [0.3, 0.4) is 0 Å². The summed E-state index contributed by atoms with van der Waals surface area (Å²) in [6, 6.07) is 3.21. The summed E-state index contributed by atoms with van der Waals surface area (Å²) in [7, 11) is 0. The molecule has 0 aromatic heterocycles. The Labute approximate surface area is 117 Å². The van der Waals surface area contributed by atoms with Crippen LogP contribution in [0.5, 0.6) is 0 Å². The number of esters is 2. The molecule has 1 aliphatic carbocycles. The molecule has 1 aromatic rings. The fraction of sp³-hybridized carbons (Fsp3) is 0.250. The van der Waals surface area contributed by atoms with Crippen LogP contribution in [0.2, 0.25) is 0 Å². The van der Waals surface area contributed by atoms with E-state index < -0.39 is 11.9 Å². The molecule has 1 aliphatic rings. The van der Waals surface area contributed by atoms with Gasteiger partial charge in [-0.2, -0.15) is 0 Å². The zero-order valence-corrected chi connectivity index (χ0v) is 11.2. The monoisotopic (exact) mass is 272 g/mol. The third kappa shape index (κ3) is 2.64. The number of ether oxygens (including phenoxy) is 2. The fourth-order valence-corrected chi connectivity index (χ4v) is 2.53. The molecule has 0 atom stereocenters. The summed E-state index contributed by atoms with van der Waals surface area (Å²) < 4.78 is 9.67. The van der Waals surface area contributed by atoms with Gasteiger partial charge in [-0.05, 0) is 48.9 Å². The lowest BCUT2D eigenvalue weighted by atomic mass is 9.85. The molecule has 0 bridgehead atoms. The van der Waals surface area contributed by atoms with Crippen molar-refractivity contribution < 1.29 is 19.1 Å². The fourth-order valence-electron chi connectivity index (χ4n) is 2.53. The Hall–Kier alpha value is -2.36. The maximum Gasteiger partial charge on any atom is 0.343 e. The quantitative estimate of drug-likeness (QED) is 0.624. The van der Waals surface area contributed by atoms with Crippen LogP contribution in [0.15, 0.2) is 37.8 Å². The summed E-state index contributed by atoms with van der Waals surface area (Å²) in [6.07, 6.45) is 5.70. The first-order chi connectivity index (χ1) is 9.69. The maximum atomic E-state index is 11.9. The van der Waals surface area contributed by atoms with Crippen molar-refractivity contribution in [2.45, 2.75) is 25.7 Å². The van der Waals surface area contributed by atoms with Gasteiger partial charge in [0.1, 0.15) is 0 Å².